The molecule has 0 radical (unpaired) electrons. The van der Waals surface area contributed by atoms with Crippen LogP contribution in [-0.2, 0) is 9.53 Å². The number of aliphatic imine (C=N–C) groups is 1. The van der Waals surface area contributed by atoms with Gasteiger partial charge in [0.25, 0.3) is 0 Å². The Morgan fingerprint density at radius 3 is 2.27 bits per heavy atom. The van der Waals surface area contributed by atoms with Crippen molar-refractivity contribution in [2.45, 2.75) is 6.92 Å². The molecule has 3 heteroatoms. The molecule has 0 heterocycles. The predicted molar refractivity (Wildman–Crippen MR) is 44.5 cm³/mol. The zero-order valence-electron chi connectivity index (χ0n) is 6.76. The molecule has 0 saturated heterocycles. The van der Waals surface area contributed by atoms with Crippen LogP contribution in [0, 0.1) is 0 Å². The first-order valence-electron chi connectivity index (χ1n) is 3.05. The number of hydrogen-bond acceptors (Lipinski definition) is 3. The number of hydrogen-bond donors (Lipinski definition) is 0. The van der Waals surface area contributed by atoms with Crippen LogP contribution < -0.4 is 0 Å². The maximum atomic E-state index is 10.8. The highest BCUT2D eigenvalue weighted by molar-refractivity contribution is 5.96. The second-order valence-electron chi connectivity index (χ2n) is 1.84. The molecule has 0 rings (SSSR count). The fourth-order valence-electron chi connectivity index (χ4n) is 0.641. The number of carbonyl (C=O) groups is 1. The third-order valence-corrected chi connectivity index (χ3v) is 1.15. The summed E-state index contributed by atoms with van der Waals surface area (Å²) in [7, 11) is 1.43. The van der Waals surface area contributed by atoms with E-state index in [4.69, 9.17) is 4.74 Å². The summed E-state index contributed by atoms with van der Waals surface area (Å²) < 4.78 is 4.77. The molecular weight excluding hydrogens is 142 g/mol. The molecular formula is C8H11NO2. The fourth-order valence-corrected chi connectivity index (χ4v) is 0.641. The van der Waals surface area contributed by atoms with Gasteiger partial charge in [-0.3, -0.25) is 4.79 Å². The Morgan fingerprint density at radius 2 is 2.18 bits per heavy atom. The molecule has 0 aliphatic heterocycles. The van der Waals surface area contributed by atoms with E-state index < -0.39 is 0 Å². The highest BCUT2D eigenvalue weighted by Gasteiger charge is 2.06. The molecule has 0 aliphatic rings. The van der Waals surface area contributed by atoms with Crippen molar-refractivity contribution in [3.05, 3.63) is 24.1 Å². The van der Waals surface area contributed by atoms with Gasteiger partial charge in [0.05, 0.1) is 12.7 Å². The zero-order valence-corrected chi connectivity index (χ0v) is 6.76. The maximum absolute atomic E-state index is 10.8. The van der Waals surface area contributed by atoms with Crippen molar-refractivity contribution < 1.29 is 9.53 Å². The van der Waals surface area contributed by atoms with Gasteiger partial charge < -0.3 is 4.74 Å². The van der Waals surface area contributed by atoms with Crippen molar-refractivity contribution in [3.63, 3.8) is 0 Å². The Kier molecular flexibility index (Phi) is 3.88. The number of ketones is 1. The van der Waals surface area contributed by atoms with E-state index in [-0.39, 0.29) is 11.7 Å². The lowest BCUT2D eigenvalue weighted by molar-refractivity contribution is -0.113. The van der Waals surface area contributed by atoms with Crippen LogP contribution in [0.15, 0.2) is 29.1 Å². The molecule has 3 nitrogen and oxygen atoms in total. The lowest BCUT2D eigenvalue weighted by Crippen LogP contribution is -1.98. The van der Waals surface area contributed by atoms with E-state index in [9.17, 15) is 4.79 Å². The van der Waals surface area contributed by atoms with Gasteiger partial charge >= 0.3 is 0 Å². The lowest BCUT2D eigenvalue weighted by Gasteiger charge is -2.01. The standard InChI is InChI=1S/C8H11NO2/c1-5-7(6(2)10)8(9-3)11-4/h5H,1,3H2,2,4H3/b8-7-. The van der Waals surface area contributed by atoms with E-state index in [1.807, 2.05) is 0 Å². The van der Waals surface area contributed by atoms with Crippen LogP contribution in [0.1, 0.15) is 6.92 Å². The van der Waals surface area contributed by atoms with Crippen molar-refractivity contribution in [3.8, 4) is 0 Å². The molecule has 0 atom stereocenters. The number of methoxy groups -OCH3 is 1. The molecule has 0 N–H and O–H groups in total. The van der Waals surface area contributed by atoms with Crippen LogP contribution in [0.2, 0.25) is 0 Å². The van der Waals surface area contributed by atoms with Crippen LogP contribution >= 0.6 is 0 Å². The SMILES string of the molecule is C=C/C(C(C)=O)=C(\N=C)OC. The van der Waals surface area contributed by atoms with Crippen LogP contribution in [0.3, 0.4) is 0 Å². The highest BCUT2D eigenvalue weighted by Crippen LogP contribution is 2.08. The van der Waals surface area contributed by atoms with E-state index in [2.05, 4.69) is 18.3 Å². The molecule has 0 unspecified atom stereocenters. The average molecular weight is 153 g/mol. The van der Waals surface area contributed by atoms with E-state index >= 15 is 0 Å². The number of Topliss-reactive ketones (excluding diaryl/α,β-unsaturated/α-hetero) is 1. The highest BCUT2D eigenvalue weighted by atomic mass is 16.5. The number of rotatable bonds is 4. The lowest BCUT2D eigenvalue weighted by atomic mass is 10.2. The minimum Gasteiger partial charge on any atom is -0.480 e. The summed E-state index contributed by atoms with van der Waals surface area (Å²) in [5.41, 5.74) is 0.350. The van der Waals surface area contributed by atoms with Crippen LogP contribution in [0.4, 0.5) is 0 Å². The normalized spacial score (nSPS) is 11.5. The summed E-state index contributed by atoms with van der Waals surface area (Å²) in [6.45, 7) is 8.12. The van der Waals surface area contributed by atoms with Gasteiger partial charge in [0.1, 0.15) is 0 Å². The first-order valence-corrected chi connectivity index (χ1v) is 3.05. The van der Waals surface area contributed by atoms with Gasteiger partial charge in [-0.1, -0.05) is 12.7 Å². The second kappa shape index (κ2) is 4.44. The zero-order chi connectivity index (χ0) is 8.85. The molecule has 0 bridgehead atoms. The predicted octanol–water partition coefficient (Wildman–Crippen LogP) is 1.32. The van der Waals surface area contributed by atoms with Gasteiger partial charge in [-0.05, 0) is 13.6 Å². The Balaban J connectivity index is 4.92. The molecule has 0 aromatic carbocycles. The van der Waals surface area contributed by atoms with Gasteiger partial charge in [0, 0.05) is 0 Å². The quantitative estimate of drug-likeness (QED) is 0.264. The molecule has 0 spiro atoms. The molecule has 0 aliphatic carbocycles. The number of carbonyl (C=O) groups excluding carboxylic acids is 1. The molecule has 11 heavy (non-hydrogen) atoms. The summed E-state index contributed by atoms with van der Waals surface area (Å²) in [5, 5.41) is 0. The van der Waals surface area contributed by atoms with Crippen molar-refractivity contribution in [2.75, 3.05) is 7.11 Å². The Morgan fingerprint density at radius 1 is 1.64 bits per heavy atom. The fraction of sp³-hybridized carbons (Fsp3) is 0.250. The van der Waals surface area contributed by atoms with Gasteiger partial charge in [-0.25, -0.2) is 4.99 Å². The first-order chi connectivity index (χ1) is 5.17. The largest absolute Gasteiger partial charge is 0.480 e. The second-order valence-corrected chi connectivity index (χ2v) is 1.84. The third kappa shape index (κ3) is 2.37. The average Bonchev–Trinajstić information content (AvgIpc) is 1.99. The van der Waals surface area contributed by atoms with E-state index in [0.717, 1.165) is 0 Å². The smallest absolute Gasteiger partial charge is 0.223 e. The monoisotopic (exact) mass is 153 g/mol. The van der Waals surface area contributed by atoms with E-state index in [1.165, 1.54) is 20.1 Å². The summed E-state index contributed by atoms with van der Waals surface area (Å²) in [6, 6.07) is 0. The van der Waals surface area contributed by atoms with Gasteiger partial charge in [-0.2, -0.15) is 0 Å². The molecule has 60 valence electrons. The molecule has 0 amide bonds. The number of allylic oxidation sites excluding steroid dienone is 2. The summed E-state index contributed by atoms with van der Waals surface area (Å²) in [6.07, 6.45) is 1.40. The topological polar surface area (TPSA) is 38.7 Å². The third-order valence-electron chi connectivity index (χ3n) is 1.15. The van der Waals surface area contributed by atoms with Crippen LogP contribution in [0.25, 0.3) is 0 Å². The Labute approximate surface area is 66.1 Å². The number of nitrogens with zero attached hydrogens (tertiary/aromatic N) is 1. The number of ether oxygens (including phenoxy) is 1. The summed E-state index contributed by atoms with van der Waals surface area (Å²) in [4.78, 5) is 14.4. The van der Waals surface area contributed by atoms with Crippen molar-refractivity contribution in [1.82, 2.24) is 0 Å². The van der Waals surface area contributed by atoms with Crippen molar-refractivity contribution in [2.24, 2.45) is 4.99 Å². The first kappa shape index (κ1) is 9.62. The minimum atomic E-state index is -0.135. The van der Waals surface area contributed by atoms with Gasteiger partial charge in [0.15, 0.2) is 5.78 Å². The van der Waals surface area contributed by atoms with Crippen molar-refractivity contribution in [1.29, 1.82) is 0 Å². The van der Waals surface area contributed by atoms with Gasteiger partial charge in [-0.15, -0.1) is 0 Å². The van der Waals surface area contributed by atoms with Gasteiger partial charge in [0.2, 0.25) is 5.88 Å². The maximum Gasteiger partial charge on any atom is 0.223 e. The molecule has 0 aromatic heterocycles. The van der Waals surface area contributed by atoms with E-state index in [0.29, 0.717) is 5.57 Å². The van der Waals surface area contributed by atoms with Crippen LogP contribution in [-0.4, -0.2) is 19.6 Å². The summed E-state index contributed by atoms with van der Waals surface area (Å²) in [5.74, 6) is 0.0803. The summed E-state index contributed by atoms with van der Waals surface area (Å²) >= 11 is 0. The van der Waals surface area contributed by atoms with Crippen LogP contribution in [0.5, 0.6) is 0 Å². The Bertz CT molecular complexity index is 216. The molecule has 0 saturated carbocycles. The molecule has 0 fully saturated rings. The van der Waals surface area contributed by atoms with Crippen molar-refractivity contribution >= 4 is 12.5 Å². The molecule has 0 aromatic rings. The minimum absolute atomic E-state index is 0.135. The van der Waals surface area contributed by atoms with E-state index in [1.54, 1.807) is 0 Å². The Hall–Kier alpha value is -1.38.